The second-order valence-electron chi connectivity index (χ2n) is 0.100. The third kappa shape index (κ3) is 9.78. The zero-order chi connectivity index (χ0) is 2.71. The van der Waals surface area contributed by atoms with Crippen LogP contribution in [0.4, 0.5) is 0 Å². The summed E-state index contributed by atoms with van der Waals surface area (Å²) in [6, 6.07) is 0. The van der Waals surface area contributed by atoms with Gasteiger partial charge >= 0.3 is 0 Å². The van der Waals surface area contributed by atoms with E-state index in [2.05, 4.69) is 12.6 Å². The van der Waals surface area contributed by atoms with Crippen LogP contribution < -0.4 is 0 Å². The van der Waals surface area contributed by atoms with Crippen molar-refractivity contribution in [2.45, 2.75) is 0 Å². The zero-order valence-electron chi connectivity index (χ0n) is 2.39. The molecule has 0 aromatic heterocycles. The molecule has 1 radical (unpaired) electrons. The number of thiol groups is 1. The number of nitriles is 1. The Hall–Kier alpha value is 1.48. The van der Waals surface area contributed by atoms with Gasteiger partial charge in [-0.05, 0) is 0 Å². The van der Waals surface area contributed by atoms with Gasteiger partial charge in [-0.1, -0.05) is 12.6 Å². The average molecular weight is 100 g/mol. The van der Waals surface area contributed by atoms with Crippen molar-refractivity contribution >= 4 is 64.0 Å². The van der Waals surface area contributed by atoms with E-state index < -0.39 is 0 Å². The van der Waals surface area contributed by atoms with Gasteiger partial charge in [0.1, 0.15) is 5.40 Å². The van der Waals surface area contributed by atoms with E-state index in [1.54, 1.807) is 0 Å². The first-order chi connectivity index (χ1) is 1.41. The standard InChI is InChI=1S/CHNS.K/c2-1-3;/h3H;/i1+2;. The fourth-order valence-corrected chi connectivity index (χ4v) is 0. The van der Waals surface area contributed by atoms with Crippen LogP contribution in [0.15, 0.2) is 0 Å². The number of rotatable bonds is 0. The Morgan fingerprint density at radius 1 is 1.75 bits per heavy atom. The second kappa shape index (κ2) is 8.82. The molecule has 0 unspecified atom stereocenters. The van der Waals surface area contributed by atoms with E-state index in [4.69, 9.17) is 5.26 Å². The van der Waals surface area contributed by atoms with E-state index in [1.807, 2.05) is 0 Å². The third-order valence-corrected chi connectivity index (χ3v) is 0. The molecule has 0 saturated heterocycles. The van der Waals surface area contributed by atoms with Crippen molar-refractivity contribution in [2.24, 2.45) is 0 Å². The van der Waals surface area contributed by atoms with Gasteiger partial charge in [0.15, 0.2) is 0 Å². The molecule has 0 spiro atoms. The minimum absolute atomic E-state index is 0. The van der Waals surface area contributed by atoms with Gasteiger partial charge in [0.25, 0.3) is 0 Å². The maximum atomic E-state index is 7.18. The van der Waals surface area contributed by atoms with Crippen molar-refractivity contribution in [2.75, 3.05) is 0 Å². The Balaban J connectivity index is 0. The molecule has 0 atom stereocenters. The van der Waals surface area contributed by atoms with Crippen molar-refractivity contribution in [3.63, 3.8) is 0 Å². The fourth-order valence-electron chi connectivity index (χ4n) is 0. The van der Waals surface area contributed by atoms with Crippen LogP contribution in [0.5, 0.6) is 0 Å². The van der Waals surface area contributed by atoms with E-state index in [1.165, 1.54) is 5.40 Å². The zero-order valence-corrected chi connectivity index (χ0v) is 6.41. The van der Waals surface area contributed by atoms with Gasteiger partial charge in [-0.15, -0.1) is 0 Å². The molecule has 0 bridgehead atoms. The monoisotopic (exact) mass is 99.9 g/mol. The van der Waals surface area contributed by atoms with Crippen LogP contribution in [-0.4, -0.2) is 51.4 Å². The molecule has 0 saturated carbocycles. The number of thiocyanates is 1. The van der Waals surface area contributed by atoms with Gasteiger partial charge in [0, 0.05) is 51.4 Å². The van der Waals surface area contributed by atoms with Crippen LogP contribution in [0.2, 0.25) is 0 Å². The third-order valence-electron chi connectivity index (χ3n) is 0. The molecule has 0 aliphatic carbocycles. The molecule has 0 amide bonds. The van der Waals surface area contributed by atoms with Crippen LogP contribution in [0.1, 0.15) is 0 Å². The Morgan fingerprint density at radius 2 is 1.75 bits per heavy atom. The van der Waals surface area contributed by atoms with Crippen molar-refractivity contribution in [1.29, 1.82) is 5.26 Å². The summed E-state index contributed by atoms with van der Waals surface area (Å²) in [5, 5.41) is 8.63. The average Bonchev–Trinajstić information content (AvgIpc) is 0.918. The maximum absolute atomic E-state index is 7.18. The summed E-state index contributed by atoms with van der Waals surface area (Å²) in [6.07, 6.45) is 0. The quantitative estimate of drug-likeness (QED) is 0.259. The molecule has 3 heteroatoms. The van der Waals surface area contributed by atoms with Gasteiger partial charge < -0.3 is 0 Å². The first kappa shape index (κ1) is 9.08. The molecular formula is CHKNS. The molecule has 0 aliphatic rings. The molecule has 0 fully saturated rings. The van der Waals surface area contributed by atoms with Crippen LogP contribution >= 0.6 is 12.6 Å². The first-order valence-corrected chi connectivity index (χ1v) is 0.894. The second-order valence-corrected chi connectivity index (χ2v) is 0.300. The van der Waals surface area contributed by atoms with E-state index in [-0.39, 0.29) is 51.4 Å². The Bertz CT molecular complexity index is 29.5. The molecule has 0 aromatic carbocycles. The van der Waals surface area contributed by atoms with Gasteiger partial charge in [0.2, 0.25) is 0 Å². The largest absolute Gasteiger partial charge is 0.185 e. The smallest absolute Gasteiger partial charge is 0.130 e. The van der Waals surface area contributed by atoms with E-state index in [9.17, 15) is 0 Å². The maximum Gasteiger partial charge on any atom is 0.130 e. The van der Waals surface area contributed by atoms with Crippen molar-refractivity contribution in [3.05, 3.63) is 0 Å². The summed E-state index contributed by atoms with van der Waals surface area (Å²) < 4.78 is 0. The normalized spacial score (nSPS) is 2.00. The molecule has 0 aliphatic heterocycles. The molecule has 0 heterocycles. The van der Waals surface area contributed by atoms with Crippen molar-refractivity contribution < 1.29 is 0 Å². The first-order valence-electron chi connectivity index (χ1n) is 0.447. The minimum atomic E-state index is 0. The van der Waals surface area contributed by atoms with Crippen LogP contribution in [0.25, 0.3) is 0 Å². The van der Waals surface area contributed by atoms with Gasteiger partial charge in [-0.2, -0.15) is 5.26 Å². The molecule has 4 heavy (non-hydrogen) atoms. The molecule has 1 nitrogen and oxygen atoms in total. The van der Waals surface area contributed by atoms with E-state index in [0.717, 1.165) is 0 Å². The van der Waals surface area contributed by atoms with Gasteiger partial charge in [-0.3, -0.25) is 0 Å². The Labute approximate surface area is 73.2 Å². The summed E-state index contributed by atoms with van der Waals surface area (Å²) in [6.45, 7) is 0. The van der Waals surface area contributed by atoms with E-state index >= 15 is 0 Å². The minimum Gasteiger partial charge on any atom is -0.185 e. The van der Waals surface area contributed by atoms with Crippen LogP contribution in [0.3, 0.4) is 0 Å². The van der Waals surface area contributed by atoms with Gasteiger partial charge in [0.05, 0.1) is 0 Å². The molecule has 0 rings (SSSR count). The van der Waals surface area contributed by atoms with E-state index in [0.29, 0.717) is 0 Å². The SMILES string of the molecule is N#[14C]S.[K]. The Morgan fingerprint density at radius 3 is 1.75 bits per heavy atom. The molecule has 0 N–H and O–H groups in total. The number of hydrogen-bond donors (Lipinski definition) is 1. The predicted octanol–water partition coefficient (Wildman–Crippen LogP) is 0.0165. The summed E-state index contributed by atoms with van der Waals surface area (Å²) in [5.41, 5.74) is 0. The molecule has 17 valence electrons. The number of hydrogen-bond acceptors (Lipinski definition) is 2. The van der Waals surface area contributed by atoms with Crippen molar-refractivity contribution in [1.82, 2.24) is 0 Å². The summed E-state index contributed by atoms with van der Waals surface area (Å²) >= 11 is 3.09. The van der Waals surface area contributed by atoms with Crippen molar-refractivity contribution in [3.8, 4) is 5.40 Å². The topological polar surface area (TPSA) is 23.8 Å². The predicted molar refractivity (Wildman–Crippen MR) is 20.4 cm³/mol. The molecular weight excluding hydrogens is 99.2 g/mol. The number of nitrogens with zero attached hydrogens (tertiary/aromatic N) is 1. The summed E-state index contributed by atoms with van der Waals surface area (Å²) in [5.74, 6) is 0. The molecule has 0 aromatic rings. The van der Waals surface area contributed by atoms with Crippen LogP contribution in [-0.2, 0) is 0 Å². The van der Waals surface area contributed by atoms with Crippen LogP contribution in [0, 0.1) is 10.7 Å². The van der Waals surface area contributed by atoms with Gasteiger partial charge in [-0.25, -0.2) is 0 Å². The summed E-state index contributed by atoms with van der Waals surface area (Å²) in [4.78, 5) is 0. The Kier molecular flexibility index (Phi) is 20.0. The summed E-state index contributed by atoms with van der Waals surface area (Å²) in [7, 11) is 0. The fraction of sp³-hybridized carbons (Fsp3) is 0.